The number of hydrogen-bond acceptors (Lipinski definition) is 4. The van der Waals surface area contributed by atoms with Gasteiger partial charge in [0.15, 0.2) is 5.58 Å². The number of H-pyrrole nitrogens is 1. The number of nitrogens with one attached hydrogen (secondary N) is 2. The highest BCUT2D eigenvalue weighted by molar-refractivity contribution is 7.20. The monoisotopic (exact) mass is 328 g/mol. The van der Waals surface area contributed by atoms with E-state index in [0.717, 1.165) is 0 Å². The summed E-state index contributed by atoms with van der Waals surface area (Å²) in [6.07, 6.45) is 0. The number of hydrogen-bond donors (Lipinski definition) is 2. The number of halogens is 1. The van der Waals surface area contributed by atoms with Crippen molar-refractivity contribution in [3.05, 3.63) is 63.7 Å². The van der Waals surface area contributed by atoms with E-state index >= 15 is 0 Å². The summed E-state index contributed by atoms with van der Waals surface area (Å²) in [7, 11) is 0. The normalized spacial score (nSPS) is 11.2. The van der Waals surface area contributed by atoms with Gasteiger partial charge in [-0.05, 0) is 36.4 Å². The minimum Gasteiger partial charge on any atom is -0.408 e. The summed E-state index contributed by atoms with van der Waals surface area (Å²) < 4.78 is 19.3. The van der Waals surface area contributed by atoms with Crippen LogP contribution in [-0.2, 0) is 0 Å². The van der Waals surface area contributed by atoms with Crippen LogP contribution in [0.25, 0.3) is 21.2 Å². The van der Waals surface area contributed by atoms with Crippen LogP contribution in [0.3, 0.4) is 0 Å². The zero-order valence-corrected chi connectivity index (χ0v) is 12.4. The van der Waals surface area contributed by atoms with Crippen molar-refractivity contribution in [2.24, 2.45) is 0 Å². The lowest BCUT2D eigenvalue weighted by Gasteiger charge is -2.02. The van der Waals surface area contributed by atoms with Crippen LogP contribution in [0.4, 0.5) is 10.1 Å². The molecule has 0 fully saturated rings. The molecule has 0 bridgehead atoms. The zero-order chi connectivity index (χ0) is 16.0. The third kappa shape index (κ3) is 2.40. The van der Waals surface area contributed by atoms with Gasteiger partial charge in [-0.1, -0.05) is 6.07 Å². The van der Waals surface area contributed by atoms with Gasteiger partial charge in [0, 0.05) is 15.8 Å². The lowest BCUT2D eigenvalue weighted by Crippen LogP contribution is -2.09. The van der Waals surface area contributed by atoms with Crippen LogP contribution in [0.1, 0.15) is 9.67 Å². The third-order valence-electron chi connectivity index (χ3n) is 3.41. The lowest BCUT2D eigenvalue weighted by molar-refractivity contribution is 0.103. The van der Waals surface area contributed by atoms with Crippen molar-refractivity contribution < 1.29 is 13.6 Å². The van der Waals surface area contributed by atoms with Gasteiger partial charge in [0.2, 0.25) is 0 Å². The number of rotatable bonds is 2. The van der Waals surface area contributed by atoms with Crippen LogP contribution in [0, 0.1) is 5.82 Å². The van der Waals surface area contributed by atoms with E-state index in [4.69, 9.17) is 4.42 Å². The largest absolute Gasteiger partial charge is 0.417 e. The third-order valence-corrected chi connectivity index (χ3v) is 4.51. The molecule has 0 spiro atoms. The second kappa shape index (κ2) is 5.06. The van der Waals surface area contributed by atoms with Gasteiger partial charge in [0.25, 0.3) is 5.91 Å². The number of aromatic amines is 1. The first-order chi connectivity index (χ1) is 11.1. The molecule has 0 saturated heterocycles. The van der Waals surface area contributed by atoms with Crippen LogP contribution in [0.2, 0.25) is 0 Å². The molecule has 2 N–H and O–H groups in total. The van der Waals surface area contributed by atoms with Gasteiger partial charge >= 0.3 is 5.76 Å². The van der Waals surface area contributed by atoms with Gasteiger partial charge in [-0.2, -0.15) is 0 Å². The maximum Gasteiger partial charge on any atom is 0.417 e. The fourth-order valence-corrected chi connectivity index (χ4v) is 3.33. The fourth-order valence-electron chi connectivity index (χ4n) is 2.36. The minimum absolute atomic E-state index is 0.337. The summed E-state index contributed by atoms with van der Waals surface area (Å²) in [4.78, 5) is 26.4. The van der Waals surface area contributed by atoms with Crippen molar-refractivity contribution in [3.8, 4) is 0 Å². The highest BCUT2D eigenvalue weighted by Crippen LogP contribution is 2.28. The van der Waals surface area contributed by atoms with E-state index in [1.54, 1.807) is 30.3 Å². The number of benzene rings is 2. The molecule has 2 heterocycles. The molecule has 0 atom stereocenters. The molecule has 0 aliphatic heterocycles. The first-order valence-electron chi connectivity index (χ1n) is 6.72. The number of aromatic nitrogens is 1. The second-order valence-corrected chi connectivity index (χ2v) is 6.03. The Bertz CT molecular complexity index is 1110. The Balaban J connectivity index is 1.67. The summed E-state index contributed by atoms with van der Waals surface area (Å²) in [6.45, 7) is 0. The van der Waals surface area contributed by atoms with Crippen molar-refractivity contribution in [2.75, 3.05) is 5.32 Å². The number of carbonyl (C=O) groups is 1. The molecule has 1 amide bonds. The van der Waals surface area contributed by atoms with Crippen molar-refractivity contribution in [1.29, 1.82) is 0 Å². The number of anilines is 1. The summed E-state index contributed by atoms with van der Waals surface area (Å²) in [6, 6.07) is 11.1. The van der Waals surface area contributed by atoms with Crippen molar-refractivity contribution in [3.63, 3.8) is 0 Å². The smallest absolute Gasteiger partial charge is 0.408 e. The van der Waals surface area contributed by atoms with Crippen molar-refractivity contribution in [1.82, 2.24) is 4.98 Å². The first-order valence-corrected chi connectivity index (χ1v) is 7.54. The standard InChI is InChI=1S/C16H9FN2O3S/c17-10-2-1-3-13-9(10)7-14(23-13)15(20)18-8-4-5-12-11(6-8)19-16(21)22-12/h1-7H,(H,18,20)(H,19,21). The zero-order valence-electron chi connectivity index (χ0n) is 11.6. The maximum atomic E-state index is 13.7. The van der Waals surface area contributed by atoms with Crippen LogP contribution < -0.4 is 11.1 Å². The van der Waals surface area contributed by atoms with Gasteiger partial charge in [0.1, 0.15) is 5.82 Å². The molecule has 2 aromatic carbocycles. The molecule has 23 heavy (non-hydrogen) atoms. The number of oxazole rings is 1. The quantitative estimate of drug-likeness (QED) is 0.589. The molecule has 0 unspecified atom stereocenters. The number of thiophene rings is 1. The molecule has 4 rings (SSSR count). The number of carbonyl (C=O) groups excluding carboxylic acids is 1. The van der Waals surface area contributed by atoms with E-state index in [2.05, 4.69) is 10.3 Å². The van der Waals surface area contributed by atoms with Crippen LogP contribution in [-0.4, -0.2) is 10.9 Å². The number of amides is 1. The Kier molecular flexibility index (Phi) is 3.02. The second-order valence-electron chi connectivity index (χ2n) is 4.94. The molecule has 0 saturated carbocycles. The molecule has 7 heteroatoms. The molecule has 0 aliphatic rings. The Morgan fingerprint density at radius 1 is 1.22 bits per heavy atom. The minimum atomic E-state index is -0.552. The predicted octanol–water partition coefficient (Wildman–Crippen LogP) is 3.73. The van der Waals surface area contributed by atoms with Crippen LogP contribution in [0.15, 0.2) is 51.7 Å². The molecule has 0 radical (unpaired) electrons. The molecular weight excluding hydrogens is 319 g/mol. The Labute approximate surface area is 132 Å². The predicted molar refractivity (Wildman–Crippen MR) is 86.6 cm³/mol. The SMILES string of the molecule is O=C(Nc1ccc2oc(=O)[nH]c2c1)c1cc2c(F)cccc2s1. The molecule has 2 aromatic heterocycles. The molecule has 0 aliphatic carbocycles. The molecule has 114 valence electrons. The molecule has 5 nitrogen and oxygen atoms in total. The Morgan fingerprint density at radius 3 is 2.91 bits per heavy atom. The Morgan fingerprint density at radius 2 is 2.09 bits per heavy atom. The highest BCUT2D eigenvalue weighted by Gasteiger charge is 2.13. The summed E-state index contributed by atoms with van der Waals surface area (Å²) in [5, 5.41) is 3.15. The van der Waals surface area contributed by atoms with Gasteiger partial charge < -0.3 is 9.73 Å². The van der Waals surface area contributed by atoms with E-state index in [-0.39, 0.29) is 11.7 Å². The summed E-state index contributed by atoms with van der Waals surface area (Å²) in [5.74, 6) is -1.24. The van der Waals surface area contributed by atoms with E-state index in [1.165, 1.54) is 23.5 Å². The Hall–Kier alpha value is -2.93. The van der Waals surface area contributed by atoms with Gasteiger partial charge in [-0.15, -0.1) is 11.3 Å². The summed E-state index contributed by atoms with van der Waals surface area (Å²) >= 11 is 1.22. The van der Waals surface area contributed by atoms with Crippen molar-refractivity contribution >= 4 is 44.1 Å². The lowest BCUT2D eigenvalue weighted by atomic mass is 10.2. The first kappa shape index (κ1) is 13.7. The highest BCUT2D eigenvalue weighted by atomic mass is 32.1. The van der Waals surface area contributed by atoms with Crippen molar-refractivity contribution in [2.45, 2.75) is 0 Å². The van der Waals surface area contributed by atoms with Gasteiger partial charge in [0.05, 0.1) is 10.4 Å². The number of fused-ring (bicyclic) bond motifs is 2. The topological polar surface area (TPSA) is 75.1 Å². The molecule has 4 aromatic rings. The fraction of sp³-hybridized carbons (Fsp3) is 0. The van der Waals surface area contributed by atoms with E-state index < -0.39 is 5.76 Å². The van der Waals surface area contributed by atoms with Crippen LogP contribution in [0.5, 0.6) is 0 Å². The average molecular weight is 328 g/mol. The van der Waals surface area contributed by atoms with E-state index in [1.807, 2.05) is 0 Å². The maximum absolute atomic E-state index is 13.7. The molecular formula is C16H9FN2O3S. The summed E-state index contributed by atoms with van der Waals surface area (Å²) in [5.41, 5.74) is 1.42. The average Bonchev–Trinajstić information content (AvgIpc) is 3.10. The van der Waals surface area contributed by atoms with E-state index in [9.17, 15) is 14.0 Å². The van der Waals surface area contributed by atoms with Gasteiger partial charge in [-0.3, -0.25) is 9.78 Å². The van der Waals surface area contributed by atoms with E-state index in [0.29, 0.717) is 31.8 Å². The van der Waals surface area contributed by atoms with Gasteiger partial charge in [-0.25, -0.2) is 9.18 Å². The van der Waals surface area contributed by atoms with Crippen LogP contribution >= 0.6 is 11.3 Å².